The highest BCUT2D eigenvalue weighted by Crippen LogP contribution is 2.41. The van der Waals surface area contributed by atoms with Crippen LogP contribution in [0.1, 0.15) is 62.4 Å². The van der Waals surface area contributed by atoms with Crippen LogP contribution in [0.25, 0.3) is 10.9 Å². The zero-order valence-corrected chi connectivity index (χ0v) is 24.5. The number of nitrogens with one attached hydrogen (secondary N) is 2. The Balaban J connectivity index is 1.71. The van der Waals surface area contributed by atoms with Crippen LogP contribution in [0.15, 0.2) is 58.2 Å². The van der Waals surface area contributed by atoms with Gasteiger partial charge in [-0.1, -0.05) is 32.1 Å². The lowest BCUT2D eigenvalue weighted by Gasteiger charge is -2.23. The fourth-order valence-electron chi connectivity index (χ4n) is 5.28. The van der Waals surface area contributed by atoms with Gasteiger partial charge in [0.25, 0.3) is 5.91 Å². The van der Waals surface area contributed by atoms with Crippen LogP contribution >= 0.6 is 0 Å². The summed E-state index contributed by atoms with van der Waals surface area (Å²) in [4.78, 5) is 33.1. The largest absolute Gasteiger partial charge is 0.453 e. The summed E-state index contributed by atoms with van der Waals surface area (Å²) in [7, 11) is 0. The Hall–Kier alpha value is -4.12. The number of nitrogens with two attached hydrogens (primary N) is 2. The quantitative estimate of drug-likeness (QED) is 0.116. The van der Waals surface area contributed by atoms with Crippen molar-refractivity contribution in [2.75, 3.05) is 44.6 Å². The maximum atomic E-state index is 15.8. The molecule has 0 saturated carbocycles. The van der Waals surface area contributed by atoms with Crippen molar-refractivity contribution in [1.82, 2.24) is 14.8 Å². The minimum absolute atomic E-state index is 0.0213. The average Bonchev–Trinajstić information content (AvgIpc) is 3.10. The number of carbonyl (C=O) groups is 1. The Morgan fingerprint density at radius 1 is 1.17 bits per heavy atom. The predicted octanol–water partition coefficient (Wildman–Crippen LogP) is 3.79. The van der Waals surface area contributed by atoms with Crippen LogP contribution in [0.2, 0.25) is 0 Å². The molecule has 1 aromatic heterocycles. The first-order chi connectivity index (χ1) is 20.3. The van der Waals surface area contributed by atoms with Crippen molar-refractivity contribution in [3.05, 3.63) is 70.0 Å². The van der Waals surface area contributed by atoms with E-state index in [-0.39, 0.29) is 34.4 Å². The van der Waals surface area contributed by atoms with E-state index in [0.29, 0.717) is 50.2 Å². The van der Waals surface area contributed by atoms with Gasteiger partial charge in [-0.25, -0.2) is 4.39 Å². The number of carbonyl (C=O) groups excluding carboxylic acids is 1. The summed E-state index contributed by atoms with van der Waals surface area (Å²) in [5.41, 5.74) is 10.7. The van der Waals surface area contributed by atoms with Gasteiger partial charge in [-0.3, -0.25) is 14.6 Å². The minimum atomic E-state index is -0.608. The highest BCUT2D eigenvalue weighted by Gasteiger charge is 2.28. The van der Waals surface area contributed by atoms with E-state index in [0.717, 1.165) is 32.5 Å². The second-order valence-electron chi connectivity index (χ2n) is 10.5. The molecule has 42 heavy (non-hydrogen) atoms. The molecule has 4 rings (SSSR count). The molecule has 1 aliphatic heterocycles. The molecule has 2 heterocycles. The summed E-state index contributed by atoms with van der Waals surface area (Å²) in [6.07, 6.45) is 15.3. The molecule has 0 saturated heterocycles. The molecule has 2 aliphatic rings. The topological polar surface area (TPSA) is 140 Å². The highest BCUT2D eigenvalue weighted by atomic mass is 19.1. The molecule has 1 aliphatic carbocycles. The second-order valence-corrected chi connectivity index (χ2v) is 10.5. The van der Waals surface area contributed by atoms with Gasteiger partial charge in [0.15, 0.2) is 17.5 Å². The number of rotatable bonds is 14. The molecule has 226 valence electrons. The maximum absolute atomic E-state index is 15.8. The number of benzene rings is 1. The van der Waals surface area contributed by atoms with E-state index in [4.69, 9.17) is 16.2 Å². The van der Waals surface area contributed by atoms with Gasteiger partial charge < -0.3 is 36.3 Å². The van der Waals surface area contributed by atoms with Crippen molar-refractivity contribution in [3.63, 3.8) is 0 Å². The van der Waals surface area contributed by atoms with Gasteiger partial charge in [-0.15, -0.1) is 0 Å². The van der Waals surface area contributed by atoms with Crippen molar-refractivity contribution >= 4 is 28.5 Å². The number of hydrogen-bond acceptors (Lipinski definition) is 6. The third-order valence-electron chi connectivity index (χ3n) is 7.21. The molecule has 2 aromatic rings. The molecule has 1 unspecified atom stereocenters. The summed E-state index contributed by atoms with van der Waals surface area (Å²) in [6, 6.07) is 0.871. The third-order valence-corrected chi connectivity index (χ3v) is 7.21. The van der Waals surface area contributed by atoms with Gasteiger partial charge in [-0.05, 0) is 63.4 Å². The average molecular weight is 580 g/mol. The molecule has 0 fully saturated rings. The zero-order valence-electron chi connectivity index (χ0n) is 24.5. The van der Waals surface area contributed by atoms with Crippen molar-refractivity contribution < 1.29 is 13.9 Å². The zero-order chi connectivity index (χ0) is 30.1. The first kappa shape index (κ1) is 30.8. The number of unbranched alkanes of at least 4 members (excludes halogenated alkanes) is 1. The molecule has 1 atom stereocenters. The van der Waals surface area contributed by atoms with Crippen LogP contribution in [0.4, 0.5) is 10.1 Å². The van der Waals surface area contributed by atoms with Gasteiger partial charge in [0, 0.05) is 32.4 Å². The van der Waals surface area contributed by atoms with E-state index in [1.54, 1.807) is 6.20 Å². The molecule has 6 N–H and O–H groups in total. The standard InChI is InChI=1S/C31H42FN7O3/c1-3-15-38(16-4-2)17-14-35-26-25(32)19-23-27-29(26)42-22-11-7-5-6-10-21(18-22)39(27)20-24(28(23)40)30(41)36-12-8-9-13-37-31(33)34/h6-7,10-11,18-21,35H,3-5,8-9,12-17H2,1-2H3,(H,36,41)(H4,33,34,37)/b10-6-,11-7-. The Morgan fingerprint density at radius 3 is 2.69 bits per heavy atom. The summed E-state index contributed by atoms with van der Waals surface area (Å²) >= 11 is 0. The Bertz CT molecular complexity index is 1450. The summed E-state index contributed by atoms with van der Waals surface area (Å²) < 4.78 is 23.9. The van der Waals surface area contributed by atoms with Gasteiger partial charge in [0.1, 0.15) is 17.0 Å². The summed E-state index contributed by atoms with van der Waals surface area (Å²) in [5.74, 6) is -0.329. The van der Waals surface area contributed by atoms with E-state index in [1.165, 1.54) is 6.07 Å². The molecule has 1 amide bonds. The highest BCUT2D eigenvalue weighted by molar-refractivity contribution is 6.00. The predicted molar refractivity (Wildman–Crippen MR) is 167 cm³/mol. The molecule has 10 nitrogen and oxygen atoms in total. The molecular formula is C31H42FN7O3. The smallest absolute Gasteiger partial charge is 0.256 e. The fourth-order valence-corrected chi connectivity index (χ4v) is 5.28. The lowest BCUT2D eigenvalue weighted by molar-refractivity contribution is 0.0951. The Morgan fingerprint density at radius 2 is 1.95 bits per heavy atom. The number of hydrogen-bond donors (Lipinski definition) is 4. The SMILES string of the molecule is CCCN(CCC)CCNc1c(F)cc2c(=O)c(C(=O)NCCCCN=C(N)N)cn3c2c1OC1=CC3/C=C\C/C=C\1. The minimum Gasteiger partial charge on any atom is -0.453 e. The Labute approximate surface area is 246 Å². The number of aliphatic imine (C=N–C) groups is 1. The van der Waals surface area contributed by atoms with Crippen LogP contribution in [0.5, 0.6) is 5.75 Å². The van der Waals surface area contributed by atoms with Gasteiger partial charge in [-0.2, -0.15) is 0 Å². The van der Waals surface area contributed by atoms with E-state index in [1.807, 2.05) is 34.9 Å². The number of fused-ring (bicyclic) bond motifs is 2. The number of amides is 1. The van der Waals surface area contributed by atoms with Gasteiger partial charge >= 0.3 is 0 Å². The molecule has 11 heteroatoms. The lowest BCUT2D eigenvalue weighted by Crippen LogP contribution is -2.31. The lowest BCUT2D eigenvalue weighted by atomic mass is 10.1. The van der Waals surface area contributed by atoms with Crippen LogP contribution in [-0.4, -0.2) is 60.6 Å². The normalized spacial score (nSPS) is 17.0. The number of allylic oxidation sites excluding steroid dienone is 5. The van der Waals surface area contributed by atoms with E-state index < -0.39 is 17.2 Å². The summed E-state index contributed by atoms with van der Waals surface area (Å²) in [5, 5.41) is 6.14. The van der Waals surface area contributed by atoms with Crippen molar-refractivity contribution in [3.8, 4) is 5.75 Å². The van der Waals surface area contributed by atoms with Crippen LogP contribution in [0.3, 0.4) is 0 Å². The third kappa shape index (κ3) is 7.39. The first-order valence-electron chi connectivity index (χ1n) is 14.8. The van der Waals surface area contributed by atoms with Crippen LogP contribution < -0.4 is 32.3 Å². The Kier molecular flexibility index (Phi) is 10.8. The summed E-state index contributed by atoms with van der Waals surface area (Å²) in [6.45, 7) is 8.25. The molecule has 1 aromatic carbocycles. The molecular weight excluding hydrogens is 537 g/mol. The fraction of sp³-hybridized carbons (Fsp3) is 0.452. The second kappa shape index (κ2) is 14.7. The van der Waals surface area contributed by atoms with Crippen molar-refractivity contribution in [2.45, 2.75) is 52.0 Å². The van der Waals surface area contributed by atoms with Crippen molar-refractivity contribution in [1.29, 1.82) is 0 Å². The van der Waals surface area contributed by atoms with Crippen LogP contribution in [0, 0.1) is 5.82 Å². The van der Waals surface area contributed by atoms with Gasteiger partial charge in [0.05, 0.1) is 16.9 Å². The number of ether oxygens (including phenoxy) is 1. The van der Waals surface area contributed by atoms with Gasteiger partial charge in [0.2, 0.25) is 5.43 Å². The molecule has 0 spiro atoms. The molecule has 0 radical (unpaired) electrons. The molecule has 2 bridgehead atoms. The van der Waals surface area contributed by atoms with E-state index >= 15 is 4.39 Å². The van der Waals surface area contributed by atoms with Crippen LogP contribution in [-0.2, 0) is 0 Å². The van der Waals surface area contributed by atoms with Crippen molar-refractivity contribution in [2.24, 2.45) is 16.5 Å². The number of anilines is 1. The van der Waals surface area contributed by atoms with E-state index in [2.05, 4.69) is 34.4 Å². The number of aromatic nitrogens is 1. The monoisotopic (exact) mass is 579 g/mol. The van der Waals surface area contributed by atoms with E-state index in [9.17, 15) is 9.59 Å². The number of nitrogens with zero attached hydrogens (tertiary/aromatic N) is 3. The maximum Gasteiger partial charge on any atom is 0.256 e. The number of guanidine groups is 1. The number of halogens is 1. The first-order valence-corrected chi connectivity index (χ1v) is 14.8. The number of pyridine rings is 1.